The van der Waals surface area contributed by atoms with Crippen molar-refractivity contribution in [2.45, 2.75) is 0 Å². The molecule has 5 nitrogen and oxygen atoms in total. The fourth-order valence-corrected chi connectivity index (χ4v) is 2.64. The molecule has 0 aliphatic rings. The van der Waals surface area contributed by atoms with Crippen molar-refractivity contribution in [2.75, 3.05) is 19.5 Å². The number of carbonyl (C=O) groups is 2. The summed E-state index contributed by atoms with van der Waals surface area (Å²) in [6.45, 7) is 0. The molecule has 110 valence electrons. The molecule has 0 aliphatic carbocycles. The molecule has 0 aliphatic heterocycles. The van der Waals surface area contributed by atoms with Gasteiger partial charge in [0.15, 0.2) is 0 Å². The molecule has 0 saturated heterocycles. The smallest absolute Gasteiger partial charge is 0.350 e. The predicted octanol–water partition coefficient (Wildman–Crippen LogP) is 3.45. The van der Waals surface area contributed by atoms with Crippen molar-refractivity contribution in [3.63, 3.8) is 0 Å². The van der Waals surface area contributed by atoms with Gasteiger partial charge in [0.25, 0.3) is 5.91 Å². The van der Waals surface area contributed by atoms with Crippen molar-refractivity contribution in [3.05, 3.63) is 45.1 Å². The van der Waals surface area contributed by atoms with Crippen molar-refractivity contribution in [2.24, 2.45) is 0 Å². The van der Waals surface area contributed by atoms with Crippen LogP contribution >= 0.6 is 22.9 Å². The molecule has 2 aromatic rings. The number of anilines is 1. The van der Waals surface area contributed by atoms with Crippen molar-refractivity contribution in [3.8, 4) is 5.75 Å². The highest BCUT2D eigenvalue weighted by Crippen LogP contribution is 2.27. The van der Waals surface area contributed by atoms with Crippen LogP contribution in [0.5, 0.6) is 5.75 Å². The van der Waals surface area contributed by atoms with E-state index in [1.54, 1.807) is 23.6 Å². The van der Waals surface area contributed by atoms with E-state index >= 15 is 0 Å². The molecule has 0 unspecified atom stereocenters. The fraction of sp³-hybridized carbons (Fsp3) is 0.143. The molecule has 1 amide bonds. The van der Waals surface area contributed by atoms with Gasteiger partial charge in [0.05, 0.1) is 25.5 Å². The standard InChI is InChI=1S/C14H12ClNO4S/c1-19-11-4-3-8(15)7-9(11)13(17)16-10-5-6-21-12(10)14(18)20-2/h3-7H,1-2H3,(H,16,17). The summed E-state index contributed by atoms with van der Waals surface area (Å²) in [4.78, 5) is 24.2. The second-order valence-corrected chi connectivity index (χ2v) is 5.31. The monoisotopic (exact) mass is 325 g/mol. The Bertz CT molecular complexity index is 683. The molecular weight excluding hydrogens is 314 g/mol. The van der Waals surface area contributed by atoms with Gasteiger partial charge in [-0.3, -0.25) is 4.79 Å². The quantitative estimate of drug-likeness (QED) is 0.874. The van der Waals surface area contributed by atoms with Gasteiger partial charge in [0.1, 0.15) is 10.6 Å². The highest BCUT2D eigenvalue weighted by Gasteiger charge is 2.18. The van der Waals surface area contributed by atoms with Crippen LogP contribution in [-0.2, 0) is 4.74 Å². The Kier molecular flexibility index (Phi) is 4.82. The Hall–Kier alpha value is -2.05. The molecule has 0 bridgehead atoms. The molecule has 0 saturated carbocycles. The third-order valence-corrected chi connectivity index (χ3v) is 3.82. The van der Waals surface area contributed by atoms with Gasteiger partial charge in [-0.25, -0.2) is 4.79 Å². The Morgan fingerprint density at radius 2 is 2.00 bits per heavy atom. The lowest BCUT2D eigenvalue weighted by atomic mass is 10.2. The zero-order chi connectivity index (χ0) is 15.4. The van der Waals surface area contributed by atoms with Gasteiger partial charge in [0.2, 0.25) is 0 Å². The van der Waals surface area contributed by atoms with Crippen molar-refractivity contribution < 1.29 is 19.1 Å². The Labute approximate surface area is 130 Å². The largest absolute Gasteiger partial charge is 0.496 e. The Morgan fingerprint density at radius 3 is 2.67 bits per heavy atom. The van der Waals surface area contributed by atoms with E-state index in [4.69, 9.17) is 16.3 Å². The molecule has 0 radical (unpaired) electrons. The normalized spacial score (nSPS) is 10.0. The van der Waals surface area contributed by atoms with Gasteiger partial charge < -0.3 is 14.8 Å². The Balaban J connectivity index is 2.29. The van der Waals surface area contributed by atoms with Crippen LogP contribution in [0.4, 0.5) is 5.69 Å². The van der Waals surface area contributed by atoms with Crippen LogP contribution in [0.15, 0.2) is 29.6 Å². The van der Waals surface area contributed by atoms with Crippen LogP contribution in [0, 0.1) is 0 Å². The summed E-state index contributed by atoms with van der Waals surface area (Å²) in [5, 5.41) is 4.76. The maximum atomic E-state index is 12.3. The summed E-state index contributed by atoms with van der Waals surface area (Å²) in [5.41, 5.74) is 0.672. The number of ether oxygens (including phenoxy) is 2. The summed E-state index contributed by atoms with van der Waals surface area (Å²) >= 11 is 7.08. The average Bonchev–Trinajstić information content (AvgIpc) is 2.94. The number of thiophene rings is 1. The molecule has 0 spiro atoms. The van der Waals surface area contributed by atoms with Gasteiger partial charge in [0, 0.05) is 5.02 Å². The number of carbonyl (C=O) groups excluding carboxylic acids is 2. The van der Waals surface area contributed by atoms with E-state index in [0.717, 1.165) is 0 Å². The van der Waals surface area contributed by atoms with Crippen LogP contribution in [-0.4, -0.2) is 26.1 Å². The highest BCUT2D eigenvalue weighted by molar-refractivity contribution is 7.12. The van der Waals surface area contributed by atoms with E-state index < -0.39 is 11.9 Å². The first-order chi connectivity index (χ1) is 10.1. The molecule has 1 aromatic heterocycles. The molecule has 2 rings (SSSR count). The molecule has 0 atom stereocenters. The van der Waals surface area contributed by atoms with Gasteiger partial charge in [-0.05, 0) is 29.6 Å². The van der Waals surface area contributed by atoms with Crippen molar-refractivity contribution in [1.29, 1.82) is 0 Å². The zero-order valence-corrected chi connectivity index (χ0v) is 12.9. The van der Waals surface area contributed by atoms with E-state index in [9.17, 15) is 9.59 Å². The number of nitrogens with one attached hydrogen (secondary N) is 1. The third kappa shape index (κ3) is 3.34. The predicted molar refractivity (Wildman–Crippen MR) is 81.6 cm³/mol. The van der Waals surface area contributed by atoms with Crippen molar-refractivity contribution >= 4 is 40.5 Å². The van der Waals surface area contributed by atoms with E-state index in [2.05, 4.69) is 10.1 Å². The fourth-order valence-electron chi connectivity index (χ4n) is 1.71. The number of hydrogen-bond donors (Lipinski definition) is 1. The zero-order valence-electron chi connectivity index (χ0n) is 11.3. The summed E-state index contributed by atoms with van der Waals surface area (Å²) in [6, 6.07) is 6.36. The van der Waals surface area contributed by atoms with Gasteiger partial charge >= 0.3 is 5.97 Å². The van der Waals surface area contributed by atoms with E-state index in [1.807, 2.05) is 0 Å². The molecule has 1 aromatic carbocycles. The van der Waals surface area contributed by atoms with Crippen molar-refractivity contribution in [1.82, 2.24) is 0 Å². The number of esters is 1. The third-order valence-electron chi connectivity index (χ3n) is 2.69. The summed E-state index contributed by atoms with van der Waals surface area (Å²) in [6.07, 6.45) is 0. The molecule has 1 N–H and O–H groups in total. The topological polar surface area (TPSA) is 64.6 Å². The first-order valence-corrected chi connectivity index (χ1v) is 7.13. The maximum Gasteiger partial charge on any atom is 0.350 e. The minimum atomic E-state index is -0.502. The number of amides is 1. The van der Waals surface area contributed by atoms with Crippen LogP contribution in [0.1, 0.15) is 20.0 Å². The van der Waals surface area contributed by atoms with Crippen LogP contribution in [0.25, 0.3) is 0 Å². The Morgan fingerprint density at radius 1 is 1.24 bits per heavy atom. The lowest BCUT2D eigenvalue weighted by Crippen LogP contribution is -2.15. The van der Waals surface area contributed by atoms with Gasteiger partial charge in [-0.2, -0.15) is 0 Å². The molecule has 21 heavy (non-hydrogen) atoms. The summed E-state index contributed by atoms with van der Waals surface area (Å²) in [5.74, 6) is -0.525. The number of hydrogen-bond acceptors (Lipinski definition) is 5. The van der Waals surface area contributed by atoms with E-state index in [-0.39, 0.29) is 5.56 Å². The second-order valence-electron chi connectivity index (χ2n) is 3.95. The lowest BCUT2D eigenvalue weighted by molar-refractivity contribution is 0.0607. The second kappa shape index (κ2) is 6.60. The van der Waals surface area contributed by atoms with Crippen LogP contribution in [0.3, 0.4) is 0 Å². The summed E-state index contributed by atoms with van der Waals surface area (Å²) in [7, 11) is 2.75. The number of halogens is 1. The first kappa shape index (κ1) is 15.3. The number of rotatable bonds is 4. The number of benzene rings is 1. The van der Waals surface area contributed by atoms with E-state index in [1.165, 1.54) is 31.6 Å². The maximum absolute atomic E-state index is 12.3. The van der Waals surface area contributed by atoms with E-state index in [0.29, 0.717) is 21.3 Å². The molecule has 0 fully saturated rings. The van der Waals surface area contributed by atoms with Gasteiger partial charge in [-0.1, -0.05) is 11.6 Å². The van der Waals surface area contributed by atoms with Crippen LogP contribution in [0.2, 0.25) is 5.02 Å². The van der Waals surface area contributed by atoms with Crippen LogP contribution < -0.4 is 10.1 Å². The minimum Gasteiger partial charge on any atom is -0.496 e. The molecular formula is C14H12ClNO4S. The first-order valence-electron chi connectivity index (χ1n) is 5.87. The summed E-state index contributed by atoms with van der Waals surface area (Å²) < 4.78 is 9.79. The lowest BCUT2D eigenvalue weighted by Gasteiger charge is -2.09. The SMILES string of the molecule is COC(=O)c1sccc1NC(=O)c1cc(Cl)ccc1OC. The average molecular weight is 326 g/mol. The minimum absolute atomic E-state index is 0.284. The highest BCUT2D eigenvalue weighted by atomic mass is 35.5. The number of methoxy groups -OCH3 is 2. The van der Waals surface area contributed by atoms with Gasteiger partial charge in [-0.15, -0.1) is 11.3 Å². The molecule has 1 heterocycles. The molecule has 7 heteroatoms.